The average Bonchev–Trinajstić information content (AvgIpc) is 2.44. The molecular formula is C15H17F3N2O2. The first-order valence-electron chi connectivity index (χ1n) is 6.90. The molecule has 0 amide bonds. The summed E-state index contributed by atoms with van der Waals surface area (Å²) in [6.45, 7) is -1.34. The number of aliphatic hydroxyl groups is 1. The molecule has 1 heterocycles. The van der Waals surface area contributed by atoms with Crippen LogP contribution in [0.15, 0.2) is 35.1 Å². The van der Waals surface area contributed by atoms with Gasteiger partial charge in [0, 0.05) is 30.8 Å². The summed E-state index contributed by atoms with van der Waals surface area (Å²) in [6.07, 6.45) is -4.12. The number of para-hydroxylation sites is 1. The van der Waals surface area contributed by atoms with Crippen LogP contribution in [0.5, 0.6) is 0 Å². The van der Waals surface area contributed by atoms with Gasteiger partial charge in [-0.2, -0.15) is 13.2 Å². The molecule has 22 heavy (non-hydrogen) atoms. The predicted molar refractivity (Wildman–Crippen MR) is 77.6 cm³/mol. The van der Waals surface area contributed by atoms with Crippen LogP contribution in [0, 0.1) is 0 Å². The van der Waals surface area contributed by atoms with Crippen LogP contribution in [0.25, 0.3) is 10.9 Å². The van der Waals surface area contributed by atoms with Crippen LogP contribution in [0.2, 0.25) is 0 Å². The van der Waals surface area contributed by atoms with Crippen molar-refractivity contribution in [2.45, 2.75) is 19.1 Å². The fraction of sp³-hybridized carbons (Fsp3) is 0.400. The summed E-state index contributed by atoms with van der Waals surface area (Å²) in [6, 6.07) is 8.70. The molecule has 2 N–H and O–H groups in total. The fourth-order valence-electron chi connectivity index (χ4n) is 2.31. The number of aliphatic hydroxyl groups excluding tert-OH is 1. The van der Waals surface area contributed by atoms with Crippen LogP contribution >= 0.6 is 0 Å². The van der Waals surface area contributed by atoms with Gasteiger partial charge in [0.15, 0.2) is 0 Å². The fourth-order valence-corrected chi connectivity index (χ4v) is 2.31. The molecule has 0 spiro atoms. The van der Waals surface area contributed by atoms with E-state index in [0.29, 0.717) is 5.52 Å². The molecule has 0 saturated heterocycles. The van der Waals surface area contributed by atoms with E-state index in [2.05, 4.69) is 4.98 Å². The van der Waals surface area contributed by atoms with E-state index in [9.17, 15) is 18.0 Å². The number of nitrogens with one attached hydrogen (secondary N) is 1. The van der Waals surface area contributed by atoms with Crippen LogP contribution in [0.3, 0.4) is 0 Å². The number of aromatic nitrogens is 1. The van der Waals surface area contributed by atoms with E-state index in [1.54, 1.807) is 30.3 Å². The summed E-state index contributed by atoms with van der Waals surface area (Å²) >= 11 is 0. The minimum atomic E-state index is -4.35. The number of fused-ring (bicyclic) bond motifs is 1. The lowest BCUT2D eigenvalue weighted by molar-refractivity contribution is -0.147. The van der Waals surface area contributed by atoms with Crippen molar-refractivity contribution in [2.75, 3.05) is 19.7 Å². The van der Waals surface area contributed by atoms with Crippen molar-refractivity contribution in [2.24, 2.45) is 0 Å². The van der Waals surface area contributed by atoms with Crippen molar-refractivity contribution in [3.05, 3.63) is 46.2 Å². The molecule has 1 aromatic carbocycles. The van der Waals surface area contributed by atoms with Gasteiger partial charge in [0.05, 0.1) is 6.54 Å². The lowest BCUT2D eigenvalue weighted by Crippen LogP contribution is -2.36. The number of nitrogens with zero attached hydrogens (tertiary/aromatic N) is 1. The molecule has 0 aliphatic heterocycles. The Morgan fingerprint density at radius 1 is 1.23 bits per heavy atom. The van der Waals surface area contributed by atoms with Gasteiger partial charge >= 0.3 is 6.18 Å². The molecule has 0 fully saturated rings. The molecule has 0 aliphatic carbocycles. The quantitative estimate of drug-likeness (QED) is 0.860. The third-order valence-electron chi connectivity index (χ3n) is 3.26. The number of pyridine rings is 1. The van der Waals surface area contributed by atoms with E-state index in [0.717, 1.165) is 10.3 Å². The van der Waals surface area contributed by atoms with Crippen LogP contribution in [0.1, 0.15) is 12.0 Å². The molecule has 0 saturated carbocycles. The molecule has 7 heteroatoms. The van der Waals surface area contributed by atoms with E-state index >= 15 is 0 Å². The van der Waals surface area contributed by atoms with Gasteiger partial charge in [-0.25, -0.2) is 0 Å². The number of H-pyrrole nitrogens is 1. The van der Waals surface area contributed by atoms with Crippen molar-refractivity contribution in [1.82, 2.24) is 9.88 Å². The molecule has 120 valence electrons. The molecule has 0 bridgehead atoms. The summed E-state index contributed by atoms with van der Waals surface area (Å²) in [4.78, 5) is 15.8. The zero-order chi connectivity index (χ0) is 16.2. The third kappa shape index (κ3) is 4.57. The maximum absolute atomic E-state index is 12.6. The summed E-state index contributed by atoms with van der Waals surface area (Å²) in [5, 5.41) is 9.57. The molecule has 0 atom stereocenters. The topological polar surface area (TPSA) is 56.3 Å². The molecule has 1 aromatic heterocycles. The number of halogens is 3. The monoisotopic (exact) mass is 314 g/mol. The highest BCUT2D eigenvalue weighted by atomic mass is 19.4. The van der Waals surface area contributed by atoms with Gasteiger partial charge in [-0.1, -0.05) is 18.2 Å². The van der Waals surface area contributed by atoms with Crippen LogP contribution in [-0.4, -0.2) is 40.9 Å². The van der Waals surface area contributed by atoms with Gasteiger partial charge in [-0.3, -0.25) is 9.69 Å². The van der Waals surface area contributed by atoms with Crippen molar-refractivity contribution >= 4 is 10.9 Å². The second kappa shape index (κ2) is 6.93. The lowest BCUT2D eigenvalue weighted by Gasteiger charge is -2.23. The summed E-state index contributed by atoms with van der Waals surface area (Å²) < 4.78 is 37.8. The highest BCUT2D eigenvalue weighted by Gasteiger charge is 2.30. The molecule has 2 aromatic rings. The van der Waals surface area contributed by atoms with Crippen LogP contribution < -0.4 is 5.56 Å². The number of rotatable bonds is 6. The Kier molecular flexibility index (Phi) is 5.20. The highest BCUT2D eigenvalue weighted by Crippen LogP contribution is 2.18. The maximum atomic E-state index is 12.6. The largest absolute Gasteiger partial charge is 0.401 e. The van der Waals surface area contributed by atoms with E-state index in [1.807, 2.05) is 0 Å². The van der Waals surface area contributed by atoms with Crippen molar-refractivity contribution in [3.63, 3.8) is 0 Å². The lowest BCUT2D eigenvalue weighted by atomic mass is 10.1. The first-order valence-corrected chi connectivity index (χ1v) is 6.90. The van der Waals surface area contributed by atoms with Crippen LogP contribution in [-0.2, 0) is 6.54 Å². The second-order valence-electron chi connectivity index (χ2n) is 5.11. The van der Waals surface area contributed by atoms with E-state index < -0.39 is 18.3 Å². The van der Waals surface area contributed by atoms with Crippen molar-refractivity contribution in [3.8, 4) is 0 Å². The van der Waals surface area contributed by atoms with E-state index in [-0.39, 0.29) is 31.7 Å². The Bertz CT molecular complexity index is 682. The molecule has 0 aliphatic rings. The third-order valence-corrected chi connectivity index (χ3v) is 3.26. The standard InChI is InChI=1S/C15H17F3N2O2/c16-15(17,18)10-20(6-3-7-21)9-12-8-11-4-1-2-5-13(11)19-14(12)22/h1-2,4-5,8,21H,3,6-7,9-10H2,(H,19,22). The van der Waals surface area contributed by atoms with Gasteiger partial charge in [0.1, 0.15) is 0 Å². The second-order valence-corrected chi connectivity index (χ2v) is 5.11. The first-order chi connectivity index (χ1) is 10.4. The number of aromatic amines is 1. The first kappa shape index (κ1) is 16.5. The Balaban J connectivity index is 2.24. The average molecular weight is 314 g/mol. The predicted octanol–water partition coefficient (Wildman–Crippen LogP) is 2.27. The smallest absolute Gasteiger partial charge is 0.396 e. The minimum absolute atomic E-state index is 0.0717. The number of alkyl halides is 3. The SMILES string of the molecule is O=c1[nH]c2ccccc2cc1CN(CCCO)CC(F)(F)F. The van der Waals surface area contributed by atoms with Crippen molar-refractivity contribution < 1.29 is 18.3 Å². The Labute approximate surface area is 125 Å². The van der Waals surface area contributed by atoms with E-state index in [4.69, 9.17) is 5.11 Å². The number of hydrogen-bond donors (Lipinski definition) is 2. The van der Waals surface area contributed by atoms with E-state index in [1.165, 1.54) is 0 Å². The van der Waals surface area contributed by atoms with Gasteiger partial charge in [0.2, 0.25) is 0 Å². The summed E-state index contributed by atoms with van der Waals surface area (Å²) in [7, 11) is 0. The Morgan fingerprint density at radius 2 is 1.95 bits per heavy atom. The molecular weight excluding hydrogens is 297 g/mol. The maximum Gasteiger partial charge on any atom is 0.401 e. The van der Waals surface area contributed by atoms with Gasteiger partial charge < -0.3 is 10.1 Å². The highest BCUT2D eigenvalue weighted by molar-refractivity contribution is 5.78. The molecule has 4 nitrogen and oxygen atoms in total. The van der Waals surface area contributed by atoms with Crippen LogP contribution in [0.4, 0.5) is 13.2 Å². The molecule has 0 unspecified atom stereocenters. The summed E-state index contributed by atoms with van der Waals surface area (Å²) in [5.41, 5.74) is 0.532. The van der Waals surface area contributed by atoms with Gasteiger partial charge in [0.25, 0.3) is 5.56 Å². The zero-order valence-corrected chi connectivity index (χ0v) is 11.9. The van der Waals surface area contributed by atoms with Gasteiger partial charge in [-0.05, 0) is 23.9 Å². The van der Waals surface area contributed by atoms with Crippen molar-refractivity contribution in [1.29, 1.82) is 0 Å². The number of benzene rings is 1. The minimum Gasteiger partial charge on any atom is -0.396 e. The van der Waals surface area contributed by atoms with Gasteiger partial charge in [-0.15, -0.1) is 0 Å². The molecule has 0 radical (unpaired) electrons. The Hall–Kier alpha value is -1.86. The normalized spacial score (nSPS) is 12.2. The Morgan fingerprint density at radius 3 is 2.64 bits per heavy atom. The molecule has 2 rings (SSSR count). The summed E-state index contributed by atoms with van der Waals surface area (Å²) in [5.74, 6) is 0. The number of hydrogen-bond acceptors (Lipinski definition) is 3. The zero-order valence-electron chi connectivity index (χ0n) is 11.9.